The van der Waals surface area contributed by atoms with Crippen LogP contribution < -0.4 is 15.5 Å². The molecule has 8 heteroatoms. The largest absolute Gasteiger partial charge is 0.371 e. The van der Waals surface area contributed by atoms with Crippen molar-refractivity contribution in [2.24, 2.45) is 4.99 Å². The van der Waals surface area contributed by atoms with Gasteiger partial charge in [-0.25, -0.2) is 4.39 Å². The molecule has 0 unspecified atom stereocenters. The van der Waals surface area contributed by atoms with Crippen LogP contribution in [0, 0.1) is 5.82 Å². The Hall–Kier alpha value is -1.84. The molecule has 0 atom stereocenters. The Morgan fingerprint density at radius 3 is 2.80 bits per heavy atom. The van der Waals surface area contributed by atoms with Gasteiger partial charge in [0, 0.05) is 37.9 Å². The third kappa shape index (κ3) is 5.58. The first-order chi connectivity index (χ1) is 11.7. The van der Waals surface area contributed by atoms with Crippen LogP contribution in [-0.4, -0.2) is 37.3 Å². The van der Waals surface area contributed by atoms with E-state index in [2.05, 4.69) is 25.7 Å². The van der Waals surface area contributed by atoms with Crippen LogP contribution in [0.15, 0.2) is 46.1 Å². The van der Waals surface area contributed by atoms with Crippen molar-refractivity contribution in [3.8, 4) is 0 Å². The van der Waals surface area contributed by atoms with E-state index in [0.29, 0.717) is 12.6 Å². The molecule has 0 bridgehead atoms. The lowest BCUT2D eigenvalue weighted by atomic mass is 10.0. The van der Waals surface area contributed by atoms with Crippen molar-refractivity contribution >= 4 is 35.6 Å². The van der Waals surface area contributed by atoms with Gasteiger partial charge >= 0.3 is 0 Å². The fourth-order valence-electron chi connectivity index (χ4n) is 2.85. The minimum Gasteiger partial charge on any atom is -0.371 e. The maximum Gasteiger partial charge on any atom is 0.191 e. The van der Waals surface area contributed by atoms with E-state index in [1.54, 1.807) is 25.4 Å². The fourth-order valence-corrected chi connectivity index (χ4v) is 2.85. The molecule has 3 rings (SSSR count). The molecule has 2 N–H and O–H groups in total. The number of hydrogen-bond acceptors (Lipinski definition) is 4. The lowest BCUT2D eigenvalue weighted by Crippen LogP contribution is -2.48. The van der Waals surface area contributed by atoms with Crippen molar-refractivity contribution < 1.29 is 8.91 Å². The zero-order valence-electron chi connectivity index (χ0n) is 14.1. The van der Waals surface area contributed by atoms with Crippen molar-refractivity contribution in [2.75, 3.05) is 25.0 Å². The quantitative estimate of drug-likeness (QED) is 0.419. The second-order valence-corrected chi connectivity index (χ2v) is 5.80. The maximum absolute atomic E-state index is 13.3. The van der Waals surface area contributed by atoms with Gasteiger partial charge in [-0.1, -0.05) is 11.2 Å². The molecule has 0 spiro atoms. The van der Waals surface area contributed by atoms with Crippen LogP contribution in [0.4, 0.5) is 10.1 Å². The Labute approximate surface area is 163 Å². The number of aliphatic imine (C=N–C) groups is 1. The maximum atomic E-state index is 13.3. The van der Waals surface area contributed by atoms with Gasteiger partial charge in [-0.3, -0.25) is 4.99 Å². The molecule has 25 heavy (non-hydrogen) atoms. The van der Waals surface area contributed by atoms with Crippen molar-refractivity contribution in [1.82, 2.24) is 15.8 Å². The molecule has 1 saturated heterocycles. The summed E-state index contributed by atoms with van der Waals surface area (Å²) >= 11 is 0. The lowest BCUT2D eigenvalue weighted by molar-refractivity contribution is 0.410. The number of anilines is 1. The second kappa shape index (κ2) is 9.59. The van der Waals surface area contributed by atoms with E-state index in [4.69, 9.17) is 4.52 Å². The Kier molecular flexibility index (Phi) is 7.48. The van der Waals surface area contributed by atoms with Crippen LogP contribution in [0.5, 0.6) is 0 Å². The number of piperidine rings is 1. The predicted octanol–water partition coefficient (Wildman–Crippen LogP) is 2.77. The zero-order valence-corrected chi connectivity index (χ0v) is 16.4. The first kappa shape index (κ1) is 19.5. The summed E-state index contributed by atoms with van der Waals surface area (Å²) in [5, 5.41) is 10.5. The Bertz CT molecular complexity index is 671. The van der Waals surface area contributed by atoms with E-state index in [9.17, 15) is 4.39 Å². The monoisotopic (exact) mass is 459 g/mol. The molecule has 2 aromatic rings. The number of nitrogens with zero attached hydrogens (tertiary/aromatic N) is 3. The molecule has 1 aromatic carbocycles. The van der Waals surface area contributed by atoms with Gasteiger partial charge in [0.05, 0.1) is 6.54 Å². The first-order valence-electron chi connectivity index (χ1n) is 8.11. The number of nitrogens with one attached hydrogen (secondary N) is 2. The highest BCUT2D eigenvalue weighted by Crippen LogP contribution is 2.20. The van der Waals surface area contributed by atoms with Gasteiger partial charge in [-0.15, -0.1) is 24.0 Å². The van der Waals surface area contributed by atoms with Gasteiger partial charge in [-0.05, 0) is 31.0 Å². The third-order valence-corrected chi connectivity index (χ3v) is 4.16. The SMILES string of the molecule is CN=C(NCc1ccon1)NC1CCN(c2cccc(F)c2)CC1.I. The van der Waals surface area contributed by atoms with Crippen LogP contribution in [0.1, 0.15) is 18.5 Å². The molecular weight excluding hydrogens is 436 g/mol. The Morgan fingerprint density at radius 1 is 1.36 bits per heavy atom. The molecular formula is C17H23FIN5O. The second-order valence-electron chi connectivity index (χ2n) is 5.80. The van der Waals surface area contributed by atoms with Gasteiger partial charge in [0.1, 0.15) is 17.8 Å². The van der Waals surface area contributed by atoms with Crippen LogP contribution in [-0.2, 0) is 6.54 Å². The number of aromatic nitrogens is 1. The predicted molar refractivity (Wildman–Crippen MR) is 107 cm³/mol. The molecule has 1 fully saturated rings. The van der Waals surface area contributed by atoms with Crippen molar-refractivity contribution in [1.29, 1.82) is 0 Å². The van der Waals surface area contributed by atoms with Gasteiger partial charge in [0.25, 0.3) is 0 Å². The van der Waals surface area contributed by atoms with Crippen LogP contribution >= 0.6 is 24.0 Å². The first-order valence-corrected chi connectivity index (χ1v) is 8.11. The highest BCUT2D eigenvalue weighted by Gasteiger charge is 2.20. The summed E-state index contributed by atoms with van der Waals surface area (Å²) in [6.07, 6.45) is 3.50. The van der Waals surface area contributed by atoms with Crippen LogP contribution in [0.3, 0.4) is 0 Å². The molecule has 0 radical (unpaired) electrons. The number of guanidine groups is 1. The van der Waals surface area contributed by atoms with E-state index < -0.39 is 0 Å². The fraction of sp³-hybridized carbons (Fsp3) is 0.412. The normalized spacial score (nSPS) is 15.6. The Morgan fingerprint density at radius 2 is 2.16 bits per heavy atom. The highest BCUT2D eigenvalue weighted by molar-refractivity contribution is 14.0. The van der Waals surface area contributed by atoms with Crippen molar-refractivity contribution in [3.63, 3.8) is 0 Å². The molecule has 2 heterocycles. The summed E-state index contributed by atoms with van der Waals surface area (Å²) in [4.78, 5) is 6.46. The third-order valence-electron chi connectivity index (χ3n) is 4.16. The van der Waals surface area contributed by atoms with Crippen molar-refractivity contribution in [3.05, 3.63) is 48.1 Å². The summed E-state index contributed by atoms with van der Waals surface area (Å²) in [6.45, 7) is 2.35. The molecule has 1 aromatic heterocycles. The van der Waals surface area contributed by atoms with Gasteiger partial charge in [-0.2, -0.15) is 0 Å². The summed E-state index contributed by atoms with van der Waals surface area (Å²) in [5.74, 6) is 0.562. The van der Waals surface area contributed by atoms with E-state index in [1.807, 2.05) is 12.1 Å². The summed E-state index contributed by atoms with van der Waals surface area (Å²) in [6, 6.07) is 8.94. The van der Waals surface area contributed by atoms with E-state index in [-0.39, 0.29) is 29.8 Å². The van der Waals surface area contributed by atoms with Gasteiger partial charge in [0.15, 0.2) is 5.96 Å². The summed E-state index contributed by atoms with van der Waals surface area (Å²) < 4.78 is 18.2. The van der Waals surface area contributed by atoms with E-state index >= 15 is 0 Å². The Balaban J connectivity index is 0.00000225. The average Bonchev–Trinajstić information content (AvgIpc) is 3.12. The minimum atomic E-state index is -0.190. The van der Waals surface area contributed by atoms with E-state index in [1.165, 1.54) is 6.07 Å². The molecule has 0 aliphatic carbocycles. The molecule has 1 aliphatic heterocycles. The summed E-state index contributed by atoms with van der Waals surface area (Å²) in [5.41, 5.74) is 1.78. The topological polar surface area (TPSA) is 65.7 Å². The van der Waals surface area contributed by atoms with Crippen LogP contribution in [0.2, 0.25) is 0 Å². The standard InChI is InChI=1S/C17H22FN5O.HI/c1-19-17(20-12-15-7-10-24-22-15)21-14-5-8-23(9-6-14)16-4-2-3-13(18)11-16;/h2-4,7,10-11,14H,5-6,8-9,12H2,1H3,(H2,19,20,21);1H. The highest BCUT2D eigenvalue weighted by atomic mass is 127. The van der Waals surface area contributed by atoms with E-state index in [0.717, 1.165) is 43.3 Å². The smallest absolute Gasteiger partial charge is 0.191 e. The molecule has 1 aliphatic rings. The molecule has 6 nitrogen and oxygen atoms in total. The average molecular weight is 459 g/mol. The van der Waals surface area contributed by atoms with Gasteiger partial charge in [0.2, 0.25) is 0 Å². The molecule has 0 amide bonds. The van der Waals surface area contributed by atoms with Gasteiger partial charge < -0.3 is 20.1 Å². The summed E-state index contributed by atoms with van der Waals surface area (Å²) in [7, 11) is 1.75. The zero-order chi connectivity index (χ0) is 16.8. The molecule has 136 valence electrons. The van der Waals surface area contributed by atoms with Crippen LogP contribution in [0.25, 0.3) is 0 Å². The number of halogens is 2. The number of benzene rings is 1. The number of rotatable bonds is 4. The number of hydrogen-bond donors (Lipinski definition) is 2. The lowest BCUT2D eigenvalue weighted by Gasteiger charge is -2.34. The van der Waals surface area contributed by atoms with Crippen molar-refractivity contribution in [2.45, 2.75) is 25.4 Å². The molecule has 0 saturated carbocycles. The minimum absolute atomic E-state index is 0.